The number of benzene rings is 1. The minimum atomic E-state index is -0.319. The molecule has 5 nitrogen and oxygen atoms in total. The van der Waals surface area contributed by atoms with E-state index in [1.165, 1.54) is 4.90 Å². The molecule has 2 rings (SSSR count). The molecule has 1 heterocycles. The molecule has 1 N–H and O–H groups in total. The van der Waals surface area contributed by atoms with E-state index >= 15 is 0 Å². The van der Waals surface area contributed by atoms with Gasteiger partial charge in [0.25, 0.3) is 11.5 Å². The van der Waals surface area contributed by atoms with E-state index in [0.717, 1.165) is 0 Å². The van der Waals surface area contributed by atoms with Crippen LogP contribution in [-0.2, 0) is 0 Å². The highest BCUT2D eigenvalue weighted by Gasteiger charge is 2.16. The summed E-state index contributed by atoms with van der Waals surface area (Å²) in [6.45, 7) is 0.188. The highest BCUT2D eigenvalue weighted by atomic mass is 16.2. The highest BCUT2D eigenvalue weighted by molar-refractivity contribution is 6.04. The third-order valence-corrected chi connectivity index (χ3v) is 2.57. The Morgan fingerprint density at radius 2 is 2.11 bits per heavy atom. The third kappa shape index (κ3) is 1.96. The van der Waals surface area contributed by atoms with Crippen LogP contribution in [0.1, 0.15) is 10.5 Å². The molecule has 2 aromatic rings. The molecule has 18 heavy (non-hydrogen) atoms. The number of amides is 1. The minimum Gasteiger partial charge on any atom is -0.329 e. The number of aromatic amines is 1. The Balaban J connectivity index is 2.60. The first-order valence-corrected chi connectivity index (χ1v) is 5.31. The lowest BCUT2D eigenvalue weighted by Gasteiger charge is -2.13. The fourth-order valence-corrected chi connectivity index (χ4v) is 1.67. The van der Waals surface area contributed by atoms with Crippen LogP contribution in [0.15, 0.2) is 29.1 Å². The summed E-state index contributed by atoms with van der Waals surface area (Å²) in [5.41, 5.74) is -0.121. The van der Waals surface area contributed by atoms with Crippen LogP contribution in [0.3, 0.4) is 0 Å². The van der Waals surface area contributed by atoms with Gasteiger partial charge in [-0.25, -0.2) is 5.10 Å². The molecule has 0 radical (unpaired) electrons. The van der Waals surface area contributed by atoms with Gasteiger partial charge in [0, 0.05) is 12.4 Å². The number of aromatic nitrogens is 2. The standard InChI is InChI=1S/C13H11N3O2/c1-3-8-16(2)13(18)11-9-6-4-5-7-10(9)12(17)15-14-11/h1,4-7H,8H2,2H3,(H,15,17). The minimum absolute atomic E-state index is 0.188. The lowest BCUT2D eigenvalue weighted by Crippen LogP contribution is -2.29. The Morgan fingerprint density at radius 3 is 2.78 bits per heavy atom. The van der Waals surface area contributed by atoms with Crippen molar-refractivity contribution in [3.05, 3.63) is 40.3 Å². The maximum absolute atomic E-state index is 12.1. The van der Waals surface area contributed by atoms with Gasteiger partial charge >= 0.3 is 0 Å². The molecule has 1 aromatic carbocycles. The predicted octanol–water partition coefficient (Wildman–Crippen LogP) is 0.628. The Hall–Kier alpha value is -2.61. The zero-order chi connectivity index (χ0) is 13.1. The van der Waals surface area contributed by atoms with Gasteiger partial charge in [-0.3, -0.25) is 9.59 Å². The van der Waals surface area contributed by atoms with Crippen molar-refractivity contribution < 1.29 is 4.79 Å². The van der Waals surface area contributed by atoms with E-state index in [1.807, 2.05) is 0 Å². The van der Waals surface area contributed by atoms with Crippen LogP contribution in [0.4, 0.5) is 0 Å². The second kappa shape index (κ2) is 4.72. The number of carbonyl (C=O) groups is 1. The number of fused-ring (bicyclic) bond motifs is 1. The average molecular weight is 241 g/mol. The van der Waals surface area contributed by atoms with Crippen LogP contribution in [0, 0.1) is 12.3 Å². The molecule has 0 aliphatic rings. The number of carbonyl (C=O) groups excluding carboxylic acids is 1. The molecular formula is C13H11N3O2. The Bertz CT molecular complexity index is 697. The van der Waals surface area contributed by atoms with Crippen molar-refractivity contribution in [1.29, 1.82) is 0 Å². The fourth-order valence-electron chi connectivity index (χ4n) is 1.67. The summed E-state index contributed by atoms with van der Waals surface area (Å²) in [4.78, 5) is 25.0. The molecular weight excluding hydrogens is 230 g/mol. The second-order valence-corrected chi connectivity index (χ2v) is 3.81. The number of nitrogens with zero attached hydrogens (tertiary/aromatic N) is 2. The maximum Gasteiger partial charge on any atom is 0.275 e. The number of H-pyrrole nitrogens is 1. The van der Waals surface area contributed by atoms with E-state index in [0.29, 0.717) is 10.8 Å². The molecule has 0 saturated heterocycles. The number of hydrogen-bond donors (Lipinski definition) is 1. The summed E-state index contributed by atoms with van der Waals surface area (Å²) in [6.07, 6.45) is 5.16. The van der Waals surface area contributed by atoms with Crippen molar-refractivity contribution in [2.45, 2.75) is 0 Å². The van der Waals surface area contributed by atoms with Gasteiger partial charge in [-0.15, -0.1) is 6.42 Å². The van der Waals surface area contributed by atoms with Gasteiger partial charge in [0.2, 0.25) is 0 Å². The predicted molar refractivity (Wildman–Crippen MR) is 68.2 cm³/mol. The Labute approximate surface area is 103 Å². The number of nitrogens with one attached hydrogen (secondary N) is 1. The summed E-state index contributed by atoms with van der Waals surface area (Å²) in [5, 5.41) is 7.09. The monoisotopic (exact) mass is 241 g/mol. The molecule has 0 aliphatic heterocycles. The van der Waals surface area contributed by atoms with Crippen molar-refractivity contribution in [1.82, 2.24) is 15.1 Å². The summed E-state index contributed by atoms with van der Waals surface area (Å²) < 4.78 is 0. The molecule has 0 spiro atoms. The van der Waals surface area contributed by atoms with E-state index < -0.39 is 0 Å². The summed E-state index contributed by atoms with van der Waals surface area (Å²) in [5.74, 6) is 2.06. The molecule has 1 amide bonds. The van der Waals surface area contributed by atoms with Gasteiger partial charge in [0.15, 0.2) is 5.69 Å². The molecule has 5 heteroatoms. The van der Waals surface area contributed by atoms with Crippen LogP contribution in [0.5, 0.6) is 0 Å². The molecule has 0 fully saturated rings. The molecule has 0 aliphatic carbocycles. The van der Waals surface area contributed by atoms with Crippen LogP contribution in [0.2, 0.25) is 0 Å². The van der Waals surface area contributed by atoms with Gasteiger partial charge in [-0.1, -0.05) is 24.1 Å². The maximum atomic E-state index is 12.1. The summed E-state index contributed by atoms with van der Waals surface area (Å²) in [7, 11) is 1.59. The van der Waals surface area contributed by atoms with Gasteiger partial charge in [-0.2, -0.15) is 5.10 Å². The van der Waals surface area contributed by atoms with Crippen LogP contribution < -0.4 is 5.56 Å². The highest BCUT2D eigenvalue weighted by Crippen LogP contribution is 2.13. The van der Waals surface area contributed by atoms with Crippen molar-refractivity contribution >= 4 is 16.7 Å². The van der Waals surface area contributed by atoms with Crippen LogP contribution in [0.25, 0.3) is 10.8 Å². The molecule has 0 atom stereocenters. The van der Waals surface area contributed by atoms with E-state index in [4.69, 9.17) is 6.42 Å². The van der Waals surface area contributed by atoms with Crippen molar-refractivity contribution in [2.75, 3.05) is 13.6 Å². The first-order chi connectivity index (χ1) is 8.65. The quantitative estimate of drug-likeness (QED) is 0.784. The summed E-state index contributed by atoms with van der Waals surface area (Å²) >= 11 is 0. The molecule has 90 valence electrons. The van der Waals surface area contributed by atoms with Gasteiger partial charge in [0.1, 0.15) is 0 Å². The molecule has 1 aromatic heterocycles. The first kappa shape index (κ1) is 11.9. The topological polar surface area (TPSA) is 66.1 Å². The van der Waals surface area contributed by atoms with Gasteiger partial charge in [0.05, 0.1) is 11.9 Å². The lowest BCUT2D eigenvalue weighted by atomic mass is 10.1. The smallest absolute Gasteiger partial charge is 0.275 e. The van der Waals surface area contributed by atoms with Crippen molar-refractivity contribution in [2.24, 2.45) is 0 Å². The van der Waals surface area contributed by atoms with E-state index in [1.54, 1.807) is 31.3 Å². The first-order valence-electron chi connectivity index (χ1n) is 5.31. The van der Waals surface area contributed by atoms with Crippen LogP contribution >= 0.6 is 0 Å². The Morgan fingerprint density at radius 1 is 1.44 bits per heavy atom. The average Bonchev–Trinajstić information content (AvgIpc) is 2.39. The third-order valence-electron chi connectivity index (χ3n) is 2.57. The van der Waals surface area contributed by atoms with E-state index in [9.17, 15) is 9.59 Å². The Kier molecular flexibility index (Phi) is 3.11. The lowest BCUT2D eigenvalue weighted by molar-refractivity contribution is 0.0808. The number of rotatable bonds is 2. The SMILES string of the molecule is C#CCN(C)C(=O)c1n[nH]c(=O)c2ccccc12. The van der Waals surface area contributed by atoms with E-state index in [-0.39, 0.29) is 23.7 Å². The van der Waals surface area contributed by atoms with Gasteiger partial charge < -0.3 is 4.90 Å². The molecule has 0 saturated carbocycles. The second-order valence-electron chi connectivity index (χ2n) is 3.81. The van der Waals surface area contributed by atoms with Crippen molar-refractivity contribution in [3.8, 4) is 12.3 Å². The largest absolute Gasteiger partial charge is 0.329 e. The fraction of sp³-hybridized carbons (Fsp3) is 0.154. The zero-order valence-corrected chi connectivity index (χ0v) is 9.80. The number of terminal acetylenes is 1. The summed E-state index contributed by atoms with van der Waals surface area (Å²) in [6, 6.07) is 6.82. The van der Waals surface area contributed by atoms with Gasteiger partial charge in [-0.05, 0) is 6.07 Å². The van der Waals surface area contributed by atoms with Crippen LogP contribution in [-0.4, -0.2) is 34.6 Å². The van der Waals surface area contributed by atoms with E-state index in [2.05, 4.69) is 16.1 Å². The normalized spacial score (nSPS) is 10.0. The molecule has 0 unspecified atom stereocenters. The number of hydrogen-bond acceptors (Lipinski definition) is 3. The molecule has 0 bridgehead atoms. The zero-order valence-electron chi connectivity index (χ0n) is 9.80. The van der Waals surface area contributed by atoms with Crippen molar-refractivity contribution in [3.63, 3.8) is 0 Å².